The maximum Gasteiger partial charge on any atom is 0.255 e. The molecule has 0 aromatic heterocycles. The zero-order chi connectivity index (χ0) is 15.0. The molecule has 0 aliphatic carbocycles. The quantitative estimate of drug-likeness (QED) is 0.836. The molecule has 1 N–H and O–H groups in total. The maximum atomic E-state index is 12.6. The largest absolute Gasteiger partial charge is 0.322 e. The molecule has 21 heavy (non-hydrogen) atoms. The van der Waals surface area contributed by atoms with Gasteiger partial charge in [-0.05, 0) is 36.5 Å². The molecular weight excluding hydrogens is 268 g/mol. The molecule has 2 heterocycles. The molecule has 3 rings (SSSR count). The van der Waals surface area contributed by atoms with Gasteiger partial charge in [-0.3, -0.25) is 19.7 Å². The molecule has 1 atom stereocenters. The monoisotopic (exact) mass is 286 g/mol. The van der Waals surface area contributed by atoms with Crippen molar-refractivity contribution in [3.63, 3.8) is 0 Å². The Morgan fingerprint density at radius 3 is 2.86 bits per heavy atom. The van der Waals surface area contributed by atoms with Gasteiger partial charge in [0.05, 0.1) is 0 Å². The predicted octanol–water partition coefficient (Wildman–Crippen LogP) is 1.40. The number of benzene rings is 1. The third kappa shape index (κ3) is 2.33. The Labute approximate surface area is 123 Å². The van der Waals surface area contributed by atoms with Crippen LogP contribution in [0.5, 0.6) is 0 Å². The molecule has 1 unspecified atom stereocenters. The Morgan fingerprint density at radius 2 is 2.10 bits per heavy atom. The number of nitrogens with one attached hydrogen (secondary N) is 1. The van der Waals surface area contributed by atoms with E-state index >= 15 is 0 Å². The lowest BCUT2D eigenvalue weighted by atomic mass is 10.0. The first-order valence-electron chi connectivity index (χ1n) is 7.37. The van der Waals surface area contributed by atoms with Gasteiger partial charge in [-0.1, -0.05) is 19.1 Å². The maximum absolute atomic E-state index is 12.6. The normalized spacial score (nSPS) is 22.0. The van der Waals surface area contributed by atoms with E-state index in [1.807, 2.05) is 18.2 Å². The van der Waals surface area contributed by atoms with Crippen LogP contribution in [0.3, 0.4) is 0 Å². The Bertz CT molecular complexity index is 624. The second kappa shape index (κ2) is 5.31. The van der Waals surface area contributed by atoms with Crippen LogP contribution < -0.4 is 5.32 Å². The molecule has 3 amide bonds. The predicted molar refractivity (Wildman–Crippen MR) is 76.5 cm³/mol. The fourth-order valence-electron chi connectivity index (χ4n) is 3.17. The molecule has 0 spiro atoms. The zero-order valence-corrected chi connectivity index (χ0v) is 12.0. The zero-order valence-electron chi connectivity index (χ0n) is 12.0. The first-order chi connectivity index (χ1) is 10.1. The lowest BCUT2D eigenvalue weighted by molar-refractivity contribution is -0.132. The molecule has 1 fully saturated rings. The van der Waals surface area contributed by atoms with Crippen molar-refractivity contribution < 1.29 is 14.4 Å². The summed E-state index contributed by atoms with van der Waals surface area (Å²) < 4.78 is 0. The summed E-state index contributed by atoms with van der Waals surface area (Å²) in [5.74, 6) is -0.701. The molecule has 2 aliphatic rings. The fraction of sp³-hybridized carbons (Fsp3) is 0.438. The number of hydrogen-bond donors (Lipinski definition) is 1. The highest BCUT2D eigenvalue weighted by atomic mass is 16.2. The van der Waals surface area contributed by atoms with Gasteiger partial charge in [0.2, 0.25) is 11.8 Å². The number of aryl methyl sites for hydroxylation is 1. The molecular formula is C16H18N2O3. The summed E-state index contributed by atoms with van der Waals surface area (Å²) in [5.41, 5.74) is 2.86. The topological polar surface area (TPSA) is 66.5 Å². The number of imide groups is 1. The average molecular weight is 286 g/mol. The first kappa shape index (κ1) is 13.8. The van der Waals surface area contributed by atoms with Gasteiger partial charge in [-0.2, -0.15) is 0 Å². The molecule has 5 heteroatoms. The lowest BCUT2D eigenvalue weighted by Crippen LogP contribution is -2.46. The Morgan fingerprint density at radius 1 is 1.29 bits per heavy atom. The Balaban J connectivity index is 1.90. The Hall–Kier alpha value is -2.17. The molecule has 0 saturated carbocycles. The SMILES string of the molecule is CCc1cccc2c1CN(C1CCCC(=O)NC1=O)C2=O. The summed E-state index contributed by atoms with van der Waals surface area (Å²) >= 11 is 0. The van der Waals surface area contributed by atoms with E-state index in [4.69, 9.17) is 0 Å². The van der Waals surface area contributed by atoms with E-state index < -0.39 is 6.04 Å². The van der Waals surface area contributed by atoms with E-state index in [1.54, 1.807) is 4.90 Å². The molecule has 0 radical (unpaired) electrons. The minimum Gasteiger partial charge on any atom is -0.322 e. The van der Waals surface area contributed by atoms with Gasteiger partial charge in [-0.15, -0.1) is 0 Å². The van der Waals surface area contributed by atoms with Gasteiger partial charge < -0.3 is 4.90 Å². The van der Waals surface area contributed by atoms with Crippen LogP contribution in [0.1, 0.15) is 47.7 Å². The van der Waals surface area contributed by atoms with Crippen molar-refractivity contribution in [3.05, 3.63) is 34.9 Å². The summed E-state index contributed by atoms with van der Waals surface area (Å²) in [5, 5.41) is 2.37. The van der Waals surface area contributed by atoms with Crippen LogP contribution in [0, 0.1) is 0 Å². The number of amides is 3. The number of carbonyl (C=O) groups excluding carboxylic acids is 3. The van der Waals surface area contributed by atoms with Crippen molar-refractivity contribution in [2.45, 2.75) is 45.2 Å². The highest BCUT2D eigenvalue weighted by Crippen LogP contribution is 2.29. The molecule has 1 aromatic rings. The molecule has 110 valence electrons. The van der Waals surface area contributed by atoms with E-state index in [1.165, 1.54) is 0 Å². The first-order valence-corrected chi connectivity index (χ1v) is 7.37. The van der Waals surface area contributed by atoms with Crippen molar-refractivity contribution in [2.75, 3.05) is 0 Å². The van der Waals surface area contributed by atoms with Crippen molar-refractivity contribution in [3.8, 4) is 0 Å². The van der Waals surface area contributed by atoms with Crippen LogP contribution in [0.4, 0.5) is 0 Å². The number of fused-ring (bicyclic) bond motifs is 1. The third-order valence-corrected chi connectivity index (χ3v) is 4.30. The smallest absolute Gasteiger partial charge is 0.255 e. The molecule has 5 nitrogen and oxygen atoms in total. The van der Waals surface area contributed by atoms with Crippen molar-refractivity contribution in [2.24, 2.45) is 0 Å². The number of hydrogen-bond acceptors (Lipinski definition) is 3. The number of carbonyl (C=O) groups is 3. The summed E-state index contributed by atoms with van der Waals surface area (Å²) in [4.78, 5) is 37.7. The van der Waals surface area contributed by atoms with E-state index in [9.17, 15) is 14.4 Å². The van der Waals surface area contributed by atoms with Gasteiger partial charge in [0, 0.05) is 18.5 Å². The minimum absolute atomic E-state index is 0.102. The van der Waals surface area contributed by atoms with Crippen LogP contribution in [-0.4, -0.2) is 28.7 Å². The van der Waals surface area contributed by atoms with Crippen molar-refractivity contribution in [1.82, 2.24) is 10.2 Å². The van der Waals surface area contributed by atoms with Gasteiger partial charge in [-0.25, -0.2) is 0 Å². The van der Waals surface area contributed by atoms with Gasteiger partial charge in [0.1, 0.15) is 6.04 Å². The Kier molecular flexibility index (Phi) is 3.49. The van der Waals surface area contributed by atoms with Crippen LogP contribution in [0.15, 0.2) is 18.2 Å². The van der Waals surface area contributed by atoms with E-state index in [0.29, 0.717) is 31.4 Å². The van der Waals surface area contributed by atoms with E-state index in [0.717, 1.165) is 17.5 Å². The van der Waals surface area contributed by atoms with Crippen LogP contribution in [0.2, 0.25) is 0 Å². The standard InChI is InChI=1S/C16H18N2O3/c1-2-10-5-3-6-11-12(10)9-18(16(11)21)13-7-4-8-14(19)17-15(13)20/h3,5-6,13H,2,4,7-9H2,1H3,(H,17,19,20). The minimum atomic E-state index is -0.541. The summed E-state index contributed by atoms with van der Waals surface area (Å²) in [6, 6.07) is 5.18. The fourth-order valence-corrected chi connectivity index (χ4v) is 3.17. The molecule has 1 saturated heterocycles. The third-order valence-electron chi connectivity index (χ3n) is 4.30. The van der Waals surface area contributed by atoms with Crippen molar-refractivity contribution >= 4 is 17.7 Å². The van der Waals surface area contributed by atoms with Crippen LogP contribution in [-0.2, 0) is 22.6 Å². The van der Waals surface area contributed by atoms with Crippen LogP contribution in [0.25, 0.3) is 0 Å². The van der Waals surface area contributed by atoms with E-state index in [-0.39, 0.29) is 17.7 Å². The van der Waals surface area contributed by atoms with Gasteiger partial charge in [0.15, 0.2) is 0 Å². The van der Waals surface area contributed by atoms with E-state index in [2.05, 4.69) is 12.2 Å². The highest BCUT2D eigenvalue weighted by molar-refractivity contribution is 6.04. The lowest BCUT2D eigenvalue weighted by Gasteiger charge is -2.24. The molecule has 2 aliphatic heterocycles. The second-order valence-electron chi connectivity index (χ2n) is 5.55. The van der Waals surface area contributed by atoms with Crippen molar-refractivity contribution in [1.29, 1.82) is 0 Å². The summed E-state index contributed by atoms with van der Waals surface area (Å²) in [7, 11) is 0. The summed E-state index contributed by atoms with van der Waals surface area (Å²) in [6.45, 7) is 2.52. The average Bonchev–Trinajstić information content (AvgIpc) is 2.70. The number of rotatable bonds is 2. The number of nitrogens with zero attached hydrogens (tertiary/aromatic N) is 1. The van der Waals surface area contributed by atoms with Crippen LogP contribution >= 0.6 is 0 Å². The summed E-state index contributed by atoms with van der Waals surface area (Å²) in [6.07, 6.45) is 2.37. The van der Waals surface area contributed by atoms with Gasteiger partial charge >= 0.3 is 0 Å². The highest BCUT2D eigenvalue weighted by Gasteiger charge is 2.38. The molecule has 1 aromatic carbocycles. The molecule has 0 bridgehead atoms. The second-order valence-corrected chi connectivity index (χ2v) is 5.55. The van der Waals surface area contributed by atoms with Gasteiger partial charge in [0.25, 0.3) is 5.91 Å².